The molecule has 156 valence electrons. The number of rotatable bonds is 6. The van der Waals surface area contributed by atoms with Crippen LogP contribution in [0.5, 0.6) is 5.75 Å². The minimum atomic E-state index is -3.79. The van der Waals surface area contributed by atoms with Crippen LogP contribution in [-0.4, -0.2) is 25.8 Å². The predicted octanol–water partition coefficient (Wildman–Crippen LogP) is 5.22. The molecule has 0 amide bonds. The maximum Gasteiger partial charge on any atom is 0.264 e. The highest BCUT2D eigenvalue weighted by Gasteiger charge is 2.30. The van der Waals surface area contributed by atoms with Crippen molar-refractivity contribution >= 4 is 27.6 Å². The van der Waals surface area contributed by atoms with Crippen molar-refractivity contribution < 1.29 is 13.5 Å². The monoisotopic (exact) mass is 430 g/mol. The minimum absolute atomic E-state index is 0.138. The third-order valence-corrected chi connectivity index (χ3v) is 6.82. The maximum atomic E-state index is 13.6. The van der Waals surface area contributed by atoms with E-state index >= 15 is 0 Å². The number of nitrogens with zero attached hydrogens (tertiary/aromatic N) is 2. The molecular formula is C25H22N2O3S. The van der Waals surface area contributed by atoms with Crippen LogP contribution in [-0.2, 0) is 10.0 Å². The molecule has 1 aliphatic carbocycles. The third-order valence-electron chi connectivity index (χ3n) is 4.95. The summed E-state index contributed by atoms with van der Waals surface area (Å²) in [5, 5.41) is 9.85. The highest BCUT2D eigenvalue weighted by molar-refractivity contribution is 7.92. The molecule has 6 heteroatoms. The number of hydrogen-bond donors (Lipinski definition) is 1. The number of allylic oxidation sites excluding steroid dienone is 2. The van der Waals surface area contributed by atoms with E-state index in [9.17, 15) is 13.5 Å². The van der Waals surface area contributed by atoms with E-state index in [-0.39, 0.29) is 16.7 Å². The average molecular weight is 431 g/mol. The van der Waals surface area contributed by atoms with Crippen molar-refractivity contribution in [1.29, 1.82) is 0 Å². The minimum Gasteiger partial charge on any atom is -0.507 e. The Morgan fingerprint density at radius 2 is 1.61 bits per heavy atom. The summed E-state index contributed by atoms with van der Waals surface area (Å²) in [4.78, 5) is 4.53. The molecule has 0 fully saturated rings. The first-order valence-corrected chi connectivity index (χ1v) is 11.3. The number of hydrogen-bond acceptors (Lipinski definition) is 4. The number of para-hydroxylation sites is 2. The Balaban J connectivity index is 1.64. The molecule has 0 spiro atoms. The molecule has 4 rings (SSSR count). The van der Waals surface area contributed by atoms with Gasteiger partial charge in [0, 0.05) is 11.8 Å². The van der Waals surface area contributed by atoms with Gasteiger partial charge in [0.05, 0.1) is 22.3 Å². The highest BCUT2D eigenvalue weighted by Crippen LogP contribution is 2.30. The molecule has 3 aromatic rings. The molecule has 0 heterocycles. The third kappa shape index (κ3) is 4.59. The lowest BCUT2D eigenvalue weighted by molar-refractivity contribution is 0.474. The van der Waals surface area contributed by atoms with Crippen LogP contribution in [0.25, 0.3) is 0 Å². The zero-order chi connectivity index (χ0) is 21.7. The molecule has 0 radical (unpaired) electrons. The Kier molecular flexibility index (Phi) is 6.00. The van der Waals surface area contributed by atoms with Crippen LogP contribution >= 0.6 is 0 Å². The second kappa shape index (κ2) is 9.02. The van der Waals surface area contributed by atoms with E-state index in [4.69, 9.17) is 0 Å². The van der Waals surface area contributed by atoms with Crippen molar-refractivity contribution in [2.45, 2.75) is 17.4 Å². The van der Waals surface area contributed by atoms with E-state index in [0.29, 0.717) is 23.4 Å². The van der Waals surface area contributed by atoms with Gasteiger partial charge in [0.1, 0.15) is 5.75 Å². The molecular weight excluding hydrogens is 408 g/mol. The van der Waals surface area contributed by atoms with E-state index in [0.717, 1.165) is 0 Å². The molecule has 0 saturated heterocycles. The number of anilines is 1. The van der Waals surface area contributed by atoms with Crippen LogP contribution in [0.1, 0.15) is 12.0 Å². The second-order valence-corrected chi connectivity index (χ2v) is 8.88. The summed E-state index contributed by atoms with van der Waals surface area (Å²) in [6.45, 7) is 0. The van der Waals surface area contributed by atoms with Gasteiger partial charge >= 0.3 is 0 Å². The van der Waals surface area contributed by atoms with Crippen LogP contribution in [0.4, 0.5) is 11.4 Å². The fraction of sp³-hybridized carbons (Fsp3) is 0.0800. The standard InChI is InChI=1S/C25H22N2O3S/c28-25-14-8-7-9-20(25)19-26-21-15-17-24(18-16-21)31(29,30)27(22-10-3-1-4-11-22)23-12-5-2-6-13-23/h1-12,14-19,23,28H,13H2. The van der Waals surface area contributed by atoms with Crippen molar-refractivity contribution in [1.82, 2.24) is 0 Å². The Hall–Kier alpha value is -3.64. The van der Waals surface area contributed by atoms with Gasteiger partial charge in [-0.1, -0.05) is 54.6 Å². The zero-order valence-corrected chi connectivity index (χ0v) is 17.6. The van der Waals surface area contributed by atoms with Crippen molar-refractivity contribution in [3.05, 3.63) is 109 Å². The van der Waals surface area contributed by atoms with Gasteiger partial charge in [-0.3, -0.25) is 9.30 Å². The largest absolute Gasteiger partial charge is 0.507 e. The van der Waals surface area contributed by atoms with Gasteiger partial charge in [-0.2, -0.15) is 0 Å². The SMILES string of the molecule is O=S(=O)(c1ccc(N=Cc2ccccc2O)cc1)N(c1ccccc1)C1C=CC=CC1. The quantitative estimate of drug-likeness (QED) is 0.545. The molecule has 1 N–H and O–H groups in total. The van der Waals surface area contributed by atoms with Crippen molar-refractivity contribution in [2.24, 2.45) is 4.99 Å². The van der Waals surface area contributed by atoms with Gasteiger partial charge in [0.15, 0.2) is 0 Å². The van der Waals surface area contributed by atoms with Crippen LogP contribution in [0, 0.1) is 0 Å². The zero-order valence-electron chi connectivity index (χ0n) is 16.7. The van der Waals surface area contributed by atoms with Crippen LogP contribution < -0.4 is 4.31 Å². The van der Waals surface area contributed by atoms with Crippen LogP contribution in [0.3, 0.4) is 0 Å². The Labute approximate surface area is 182 Å². The summed E-state index contributed by atoms with van der Waals surface area (Å²) < 4.78 is 28.6. The van der Waals surface area contributed by atoms with E-state index in [2.05, 4.69) is 4.99 Å². The lowest BCUT2D eigenvalue weighted by Gasteiger charge is -2.31. The fourth-order valence-electron chi connectivity index (χ4n) is 3.38. The molecule has 0 saturated carbocycles. The Morgan fingerprint density at radius 3 is 2.29 bits per heavy atom. The predicted molar refractivity (Wildman–Crippen MR) is 125 cm³/mol. The number of phenols is 1. The van der Waals surface area contributed by atoms with Crippen molar-refractivity contribution in [2.75, 3.05) is 4.31 Å². The Bertz CT molecular complexity index is 1230. The number of aromatic hydroxyl groups is 1. The van der Waals surface area contributed by atoms with Gasteiger partial charge in [-0.25, -0.2) is 8.42 Å². The molecule has 0 aromatic heterocycles. The normalized spacial score (nSPS) is 15.9. The first-order chi connectivity index (χ1) is 15.1. The highest BCUT2D eigenvalue weighted by atomic mass is 32.2. The number of aliphatic imine (C=N–C) groups is 1. The first kappa shape index (κ1) is 20.6. The number of benzene rings is 3. The second-order valence-electron chi connectivity index (χ2n) is 7.06. The smallest absolute Gasteiger partial charge is 0.264 e. The maximum absolute atomic E-state index is 13.6. The van der Waals surface area contributed by atoms with Gasteiger partial charge < -0.3 is 5.11 Å². The molecule has 1 aliphatic rings. The van der Waals surface area contributed by atoms with E-state index in [1.54, 1.807) is 60.8 Å². The summed E-state index contributed by atoms with van der Waals surface area (Å²) in [7, 11) is -3.79. The van der Waals surface area contributed by atoms with Gasteiger partial charge in [0.25, 0.3) is 10.0 Å². The lowest BCUT2D eigenvalue weighted by atomic mass is 10.1. The lowest BCUT2D eigenvalue weighted by Crippen LogP contribution is -2.39. The summed E-state index contributed by atoms with van der Waals surface area (Å²) >= 11 is 0. The van der Waals surface area contributed by atoms with Crippen LogP contribution in [0.15, 0.2) is 113 Å². The molecule has 0 bridgehead atoms. The number of phenolic OH excluding ortho intramolecular Hbond substituents is 1. The summed E-state index contributed by atoms with van der Waals surface area (Å²) in [6.07, 6.45) is 9.81. The van der Waals surface area contributed by atoms with E-state index in [1.807, 2.05) is 48.6 Å². The fourth-order valence-corrected chi connectivity index (χ4v) is 5.00. The molecule has 5 nitrogen and oxygen atoms in total. The van der Waals surface area contributed by atoms with Crippen molar-refractivity contribution in [3.63, 3.8) is 0 Å². The molecule has 1 unspecified atom stereocenters. The molecule has 0 aliphatic heterocycles. The molecule has 1 atom stereocenters. The van der Waals surface area contributed by atoms with Gasteiger partial charge in [-0.05, 0) is 55.0 Å². The topological polar surface area (TPSA) is 70.0 Å². The summed E-state index contributed by atoms with van der Waals surface area (Å²) in [6, 6.07) is 22.1. The van der Waals surface area contributed by atoms with Gasteiger partial charge in [0.2, 0.25) is 0 Å². The van der Waals surface area contributed by atoms with Gasteiger partial charge in [-0.15, -0.1) is 0 Å². The average Bonchev–Trinajstić information content (AvgIpc) is 2.80. The summed E-state index contributed by atoms with van der Waals surface area (Å²) in [5.74, 6) is 0.138. The summed E-state index contributed by atoms with van der Waals surface area (Å²) in [5.41, 5.74) is 1.80. The Morgan fingerprint density at radius 1 is 0.903 bits per heavy atom. The molecule has 3 aromatic carbocycles. The van der Waals surface area contributed by atoms with E-state index < -0.39 is 10.0 Å². The van der Waals surface area contributed by atoms with Crippen LogP contribution in [0.2, 0.25) is 0 Å². The molecule has 31 heavy (non-hydrogen) atoms. The first-order valence-electron chi connectivity index (χ1n) is 9.91. The van der Waals surface area contributed by atoms with E-state index in [1.165, 1.54) is 4.31 Å². The number of sulfonamides is 1. The van der Waals surface area contributed by atoms with Crippen molar-refractivity contribution in [3.8, 4) is 5.75 Å².